The third kappa shape index (κ3) is 3.69. The predicted molar refractivity (Wildman–Crippen MR) is 71.0 cm³/mol. The number of nitrogens with one attached hydrogen (secondary N) is 1. The number of alkyl halides is 3. The third-order valence-electron chi connectivity index (χ3n) is 3.41. The zero-order valence-corrected chi connectivity index (χ0v) is 11.7. The first-order chi connectivity index (χ1) is 10.2. The predicted octanol–water partition coefficient (Wildman–Crippen LogP) is 1.21. The quantitative estimate of drug-likeness (QED) is 0.881. The van der Waals surface area contributed by atoms with Gasteiger partial charge in [0, 0.05) is 6.42 Å². The average molecular weight is 316 g/mol. The maximum atomic E-state index is 12.7. The summed E-state index contributed by atoms with van der Waals surface area (Å²) in [5.41, 5.74) is 0.549. The third-order valence-corrected chi connectivity index (χ3v) is 3.41. The molecule has 2 amide bonds. The van der Waals surface area contributed by atoms with E-state index in [1.165, 1.54) is 31.2 Å². The number of benzene rings is 1. The maximum Gasteiger partial charge on any atom is 0.406 e. The van der Waals surface area contributed by atoms with Gasteiger partial charge in [-0.25, -0.2) is 0 Å². The fourth-order valence-electron chi connectivity index (χ4n) is 2.35. The average Bonchev–Trinajstić information content (AvgIpc) is 2.41. The van der Waals surface area contributed by atoms with E-state index in [9.17, 15) is 27.9 Å². The molecule has 5 nitrogen and oxygen atoms in total. The Kier molecular flexibility index (Phi) is 4.30. The fraction of sp³-hybridized carbons (Fsp3) is 0.429. The standard InChI is InChI=1S/C14H15F3N2O3/c1-8-13(22)19(7-14(15,16)17)11(12(21)18-8)6-9-2-4-10(20)5-3-9/h2-5,8,11,20H,6-7H2,1H3,(H,18,21)/t8-,11+/m1/s1. The van der Waals surface area contributed by atoms with E-state index in [-0.39, 0.29) is 12.2 Å². The molecule has 1 aliphatic heterocycles. The molecule has 1 saturated heterocycles. The second-order valence-corrected chi connectivity index (χ2v) is 5.20. The number of hydrogen-bond donors (Lipinski definition) is 2. The normalized spacial score (nSPS) is 22.6. The Labute approximate surface area is 124 Å². The van der Waals surface area contributed by atoms with E-state index in [0.717, 1.165) is 0 Å². The Morgan fingerprint density at radius 3 is 2.36 bits per heavy atom. The van der Waals surface area contributed by atoms with Crippen LogP contribution in [0.5, 0.6) is 5.75 Å². The molecule has 0 spiro atoms. The summed E-state index contributed by atoms with van der Waals surface area (Å²) in [6.07, 6.45) is -4.64. The van der Waals surface area contributed by atoms with Gasteiger partial charge >= 0.3 is 6.18 Å². The zero-order chi connectivity index (χ0) is 16.5. The summed E-state index contributed by atoms with van der Waals surface area (Å²) in [5, 5.41) is 11.6. The molecule has 2 rings (SSSR count). The molecule has 0 unspecified atom stereocenters. The number of phenolic OH excluding ortho intramolecular Hbond substituents is 1. The number of amides is 2. The SMILES string of the molecule is C[C@H]1NC(=O)[C@H](Cc2ccc(O)cc2)N(CC(F)(F)F)C1=O. The van der Waals surface area contributed by atoms with Crippen molar-refractivity contribution in [3.05, 3.63) is 29.8 Å². The number of hydrogen-bond acceptors (Lipinski definition) is 3. The van der Waals surface area contributed by atoms with Crippen LogP contribution in [0.15, 0.2) is 24.3 Å². The molecule has 22 heavy (non-hydrogen) atoms. The highest BCUT2D eigenvalue weighted by atomic mass is 19.4. The second-order valence-electron chi connectivity index (χ2n) is 5.20. The van der Waals surface area contributed by atoms with Crippen molar-refractivity contribution >= 4 is 11.8 Å². The first kappa shape index (κ1) is 16.1. The van der Waals surface area contributed by atoms with Gasteiger partial charge in [0.25, 0.3) is 0 Å². The van der Waals surface area contributed by atoms with Gasteiger partial charge in [0.1, 0.15) is 24.4 Å². The van der Waals surface area contributed by atoms with Gasteiger partial charge in [-0.05, 0) is 24.6 Å². The van der Waals surface area contributed by atoms with Crippen LogP contribution in [0.3, 0.4) is 0 Å². The number of nitrogens with zero attached hydrogens (tertiary/aromatic N) is 1. The van der Waals surface area contributed by atoms with Gasteiger partial charge in [-0.3, -0.25) is 9.59 Å². The Hall–Kier alpha value is -2.25. The maximum absolute atomic E-state index is 12.7. The summed E-state index contributed by atoms with van der Waals surface area (Å²) in [5.74, 6) is -1.38. The lowest BCUT2D eigenvalue weighted by Crippen LogP contribution is -2.64. The Morgan fingerprint density at radius 2 is 1.82 bits per heavy atom. The molecule has 1 heterocycles. The first-order valence-corrected chi connectivity index (χ1v) is 6.63. The summed E-state index contributed by atoms with van der Waals surface area (Å²) < 4.78 is 38.0. The highest BCUT2D eigenvalue weighted by Crippen LogP contribution is 2.23. The van der Waals surface area contributed by atoms with Crippen LogP contribution >= 0.6 is 0 Å². The molecule has 1 aromatic carbocycles. The molecule has 0 aliphatic carbocycles. The van der Waals surface area contributed by atoms with E-state index in [1.54, 1.807) is 0 Å². The Bertz CT molecular complexity index is 572. The molecular formula is C14H15F3N2O3. The number of rotatable bonds is 3. The fourth-order valence-corrected chi connectivity index (χ4v) is 2.35. The number of halogens is 3. The van der Waals surface area contributed by atoms with Crippen LogP contribution < -0.4 is 5.32 Å². The van der Waals surface area contributed by atoms with Crippen LogP contribution in [0.25, 0.3) is 0 Å². The number of aromatic hydroxyl groups is 1. The van der Waals surface area contributed by atoms with Crippen molar-refractivity contribution in [2.75, 3.05) is 6.54 Å². The second kappa shape index (κ2) is 5.86. The highest BCUT2D eigenvalue weighted by molar-refractivity contribution is 5.96. The largest absolute Gasteiger partial charge is 0.508 e. The Morgan fingerprint density at radius 1 is 1.23 bits per heavy atom. The van der Waals surface area contributed by atoms with E-state index in [2.05, 4.69) is 5.32 Å². The van der Waals surface area contributed by atoms with Crippen LogP contribution in [0, 0.1) is 0 Å². The van der Waals surface area contributed by atoms with Crippen LogP contribution in [-0.4, -0.2) is 46.6 Å². The van der Waals surface area contributed by atoms with Crippen molar-refractivity contribution in [2.24, 2.45) is 0 Å². The molecule has 120 valence electrons. The molecule has 0 saturated carbocycles. The molecule has 2 N–H and O–H groups in total. The molecule has 1 fully saturated rings. The lowest BCUT2D eigenvalue weighted by molar-refractivity contribution is -0.173. The van der Waals surface area contributed by atoms with E-state index in [0.29, 0.717) is 10.5 Å². The van der Waals surface area contributed by atoms with E-state index < -0.39 is 36.6 Å². The van der Waals surface area contributed by atoms with E-state index in [4.69, 9.17) is 0 Å². The first-order valence-electron chi connectivity index (χ1n) is 6.63. The van der Waals surface area contributed by atoms with Crippen LogP contribution in [0.1, 0.15) is 12.5 Å². The Balaban J connectivity index is 2.25. The van der Waals surface area contributed by atoms with Gasteiger partial charge < -0.3 is 15.3 Å². The van der Waals surface area contributed by atoms with Crippen molar-refractivity contribution in [3.63, 3.8) is 0 Å². The van der Waals surface area contributed by atoms with Crippen molar-refractivity contribution < 1.29 is 27.9 Å². The lowest BCUT2D eigenvalue weighted by atomic mass is 10.00. The molecule has 1 aliphatic rings. The van der Waals surface area contributed by atoms with Gasteiger partial charge in [-0.1, -0.05) is 12.1 Å². The van der Waals surface area contributed by atoms with Gasteiger partial charge in [0.15, 0.2) is 0 Å². The molecule has 1 aromatic rings. The van der Waals surface area contributed by atoms with Crippen molar-refractivity contribution in [2.45, 2.75) is 31.6 Å². The molecule has 0 radical (unpaired) electrons. The van der Waals surface area contributed by atoms with Gasteiger partial charge in [-0.2, -0.15) is 13.2 Å². The minimum atomic E-state index is -4.58. The summed E-state index contributed by atoms with van der Waals surface area (Å²) in [6.45, 7) is -0.118. The smallest absolute Gasteiger partial charge is 0.406 e. The van der Waals surface area contributed by atoms with E-state index in [1.807, 2.05) is 0 Å². The van der Waals surface area contributed by atoms with Crippen LogP contribution in [0.2, 0.25) is 0 Å². The zero-order valence-electron chi connectivity index (χ0n) is 11.7. The summed E-state index contributed by atoms with van der Waals surface area (Å²) in [7, 11) is 0. The van der Waals surface area contributed by atoms with Gasteiger partial charge in [0.2, 0.25) is 11.8 Å². The molecule has 0 bridgehead atoms. The monoisotopic (exact) mass is 316 g/mol. The van der Waals surface area contributed by atoms with Crippen LogP contribution in [0.4, 0.5) is 13.2 Å². The molecule has 2 atom stereocenters. The summed E-state index contributed by atoms with van der Waals surface area (Å²) >= 11 is 0. The number of phenols is 1. The van der Waals surface area contributed by atoms with Crippen molar-refractivity contribution in [1.29, 1.82) is 0 Å². The van der Waals surface area contributed by atoms with Crippen molar-refractivity contribution in [3.8, 4) is 5.75 Å². The molecule has 0 aromatic heterocycles. The van der Waals surface area contributed by atoms with Gasteiger partial charge in [-0.15, -0.1) is 0 Å². The molecular weight excluding hydrogens is 301 g/mol. The minimum absolute atomic E-state index is 0.00805. The summed E-state index contributed by atoms with van der Waals surface area (Å²) in [6, 6.07) is 3.53. The van der Waals surface area contributed by atoms with Crippen molar-refractivity contribution in [1.82, 2.24) is 10.2 Å². The number of carbonyl (C=O) groups is 2. The number of piperazine rings is 1. The number of carbonyl (C=O) groups excluding carboxylic acids is 2. The highest BCUT2D eigenvalue weighted by Gasteiger charge is 2.44. The van der Waals surface area contributed by atoms with E-state index >= 15 is 0 Å². The minimum Gasteiger partial charge on any atom is -0.508 e. The summed E-state index contributed by atoms with van der Waals surface area (Å²) in [4.78, 5) is 24.5. The van der Waals surface area contributed by atoms with Crippen LogP contribution in [-0.2, 0) is 16.0 Å². The lowest BCUT2D eigenvalue weighted by Gasteiger charge is -2.38. The topological polar surface area (TPSA) is 69.6 Å². The van der Waals surface area contributed by atoms with Gasteiger partial charge in [0.05, 0.1) is 0 Å². The molecule has 8 heteroatoms.